The van der Waals surface area contributed by atoms with Gasteiger partial charge < -0.3 is 4.74 Å². The van der Waals surface area contributed by atoms with Crippen LogP contribution in [0.5, 0.6) is 5.75 Å². The number of ether oxygens (including phenoxy) is 1. The van der Waals surface area contributed by atoms with Crippen LogP contribution in [0.15, 0.2) is 12.1 Å². The highest BCUT2D eigenvalue weighted by molar-refractivity contribution is 5.33. The molecule has 2 saturated carbocycles. The lowest BCUT2D eigenvalue weighted by Gasteiger charge is -2.37. The highest BCUT2D eigenvalue weighted by atomic mass is 19.3. The average molecular weight is 372 g/mol. The zero-order valence-electron chi connectivity index (χ0n) is 15.3. The van der Waals surface area contributed by atoms with E-state index >= 15 is 0 Å². The fraction of sp³-hybridized carbons (Fsp3) is 0.714. The van der Waals surface area contributed by atoms with Crippen LogP contribution in [0.2, 0.25) is 0 Å². The van der Waals surface area contributed by atoms with Gasteiger partial charge >= 0.3 is 0 Å². The maximum absolute atomic E-state index is 14.1. The summed E-state index contributed by atoms with van der Waals surface area (Å²) < 4.78 is 57.2. The van der Waals surface area contributed by atoms with E-state index in [0.29, 0.717) is 5.56 Å². The zero-order valence-corrected chi connectivity index (χ0v) is 15.3. The number of hydrogen-bond acceptors (Lipinski definition) is 1. The monoisotopic (exact) mass is 372 g/mol. The molecule has 0 aliphatic heterocycles. The minimum atomic E-state index is -2.76. The second-order valence-electron chi connectivity index (χ2n) is 8.15. The van der Waals surface area contributed by atoms with Gasteiger partial charge in [0.2, 0.25) is 0 Å². The molecule has 0 bridgehead atoms. The van der Waals surface area contributed by atoms with E-state index in [1.54, 1.807) is 0 Å². The first-order valence-electron chi connectivity index (χ1n) is 9.84. The molecule has 146 valence electrons. The Morgan fingerprint density at radius 1 is 0.885 bits per heavy atom. The standard InChI is InChI=1S/C21H28F4O/c1-13-2-4-14(5-3-13)15-6-8-16(9-7-15)17-10-18(22)21(19(23)11-17)26-12-20(24)25/h10-11,13-16,20H,2-9,12H2,1H3. The number of benzene rings is 1. The summed E-state index contributed by atoms with van der Waals surface area (Å²) in [6.07, 6.45) is 6.60. The number of halogens is 4. The van der Waals surface area contributed by atoms with Crippen molar-refractivity contribution in [3.63, 3.8) is 0 Å². The van der Waals surface area contributed by atoms with Crippen LogP contribution < -0.4 is 4.74 Å². The summed E-state index contributed by atoms with van der Waals surface area (Å²) in [6.45, 7) is 1.32. The first kappa shape index (κ1) is 19.5. The quantitative estimate of drug-likeness (QED) is 0.522. The van der Waals surface area contributed by atoms with Crippen molar-refractivity contribution in [1.82, 2.24) is 0 Å². The van der Waals surface area contributed by atoms with Crippen molar-refractivity contribution in [2.45, 2.75) is 70.6 Å². The molecule has 1 aromatic carbocycles. The molecule has 0 radical (unpaired) electrons. The molecule has 0 aromatic heterocycles. The van der Waals surface area contributed by atoms with E-state index in [2.05, 4.69) is 11.7 Å². The molecule has 0 saturated heterocycles. The van der Waals surface area contributed by atoms with Gasteiger partial charge in [-0.25, -0.2) is 17.6 Å². The van der Waals surface area contributed by atoms with Crippen molar-refractivity contribution in [1.29, 1.82) is 0 Å². The van der Waals surface area contributed by atoms with Crippen molar-refractivity contribution in [2.75, 3.05) is 6.61 Å². The Balaban J connectivity index is 1.59. The highest BCUT2D eigenvalue weighted by Gasteiger charge is 2.31. The maximum atomic E-state index is 14.1. The van der Waals surface area contributed by atoms with E-state index in [4.69, 9.17) is 0 Å². The summed E-state index contributed by atoms with van der Waals surface area (Å²) in [5.74, 6) is 0.0706. The average Bonchev–Trinajstić information content (AvgIpc) is 2.61. The van der Waals surface area contributed by atoms with Crippen LogP contribution in [0.25, 0.3) is 0 Å². The summed E-state index contributed by atoms with van der Waals surface area (Å²) in [7, 11) is 0. The molecule has 5 heteroatoms. The minimum Gasteiger partial charge on any atom is -0.482 e. The molecule has 1 nitrogen and oxygen atoms in total. The third-order valence-corrected chi connectivity index (χ3v) is 6.34. The van der Waals surface area contributed by atoms with Gasteiger partial charge in [0.25, 0.3) is 6.43 Å². The molecule has 2 aliphatic carbocycles. The van der Waals surface area contributed by atoms with E-state index in [-0.39, 0.29) is 5.92 Å². The number of hydrogen-bond donors (Lipinski definition) is 0. The summed E-state index contributed by atoms with van der Waals surface area (Å²) in [5.41, 5.74) is 0.625. The molecule has 2 aliphatic rings. The van der Waals surface area contributed by atoms with Gasteiger partial charge in [0.05, 0.1) is 0 Å². The van der Waals surface area contributed by atoms with Gasteiger partial charge in [-0.15, -0.1) is 0 Å². The molecule has 2 fully saturated rings. The van der Waals surface area contributed by atoms with Gasteiger partial charge in [0.15, 0.2) is 17.4 Å². The summed E-state index contributed by atoms with van der Waals surface area (Å²) in [5, 5.41) is 0. The largest absolute Gasteiger partial charge is 0.482 e. The van der Waals surface area contributed by atoms with Crippen LogP contribution in [0.1, 0.15) is 69.8 Å². The molecule has 0 N–H and O–H groups in total. The van der Waals surface area contributed by atoms with Crippen LogP contribution in [0.4, 0.5) is 17.6 Å². The smallest absolute Gasteiger partial charge is 0.272 e. The van der Waals surface area contributed by atoms with E-state index in [1.807, 2.05) is 0 Å². The Bertz CT molecular complexity index is 565. The van der Waals surface area contributed by atoms with Crippen molar-refractivity contribution in [3.05, 3.63) is 29.3 Å². The van der Waals surface area contributed by atoms with Crippen molar-refractivity contribution < 1.29 is 22.3 Å². The predicted molar refractivity (Wildman–Crippen MR) is 93.7 cm³/mol. The Hall–Kier alpha value is -1.26. The molecule has 0 spiro atoms. The lowest BCUT2D eigenvalue weighted by atomic mass is 9.68. The lowest BCUT2D eigenvalue weighted by Crippen LogP contribution is -2.24. The van der Waals surface area contributed by atoms with Gasteiger partial charge in [-0.1, -0.05) is 19.8 Å². The van der Waals surface area contributed by atoms with E-state index in [9.17, 15) is 17.6 Å². The molecular weight excluding hydrogens is 344 g/mol. The third-order valence-electron chi connectivity index (χ3n) is 6.34. The van der Waals surface area contributed by atoms with Gasteiger partial charge in [-0.2, -0.15) is 0 Å². The maximum Gasteiger partial charge on any atom is 0.272 e. The Kier molecular flexibility index (Phi) is 6.46. The van der Waals surface area contributed by atoms with Gasteiger partial charge in [-0.3, -0.25) is 0 Å². The van der Waals surface area contributed by atoms with Gasteiger partial charge in [0.1, 0.15) is 6.61 Å². The fourth-order valence-electron chi connectivity index (χ4n) is 4.78. The lowest BCUT2D eigenvalue weighted by molar-refractivity contribution is 0.0776. The van der Waals surface area contributed by atoms with Crippen LogP contribution >= 0.6 is 0 Å². The van der Waals surface area contributed by atoms with Crippen LogP contribution in [-0.2, 0) is 0 Å². The first-order chi connectivity index (χ1) is 12.4. The first-order valence-corrected chi connectivity index (χ1v) is 9.84. The highest BCUT2D eigenvalue weighted by Crippen LogP contribution is 2.44. The Morgan fingerprint density at radius 2 is 1.38 bits per heavy atom. The normalized spacial score (nSPS) is 29.8. The minimum absolute atomic E-state index is 0.141. The molecule has 3 rings (SSSR count). The van der Waals surface area contributed by atoms with Gasteiger partial charge in [0, 0.05) is 0 Å². The Labute approximate surface area is 153 Å². The Morgan fingerprint density at radius 3 is 1.88 bits per heavy atom. The van der Waals surface area contributed by atoms with E-state index < -0.39 is 30.4 Å². The summed E-state index contributed by atoms with van der Waals surface area (Å²) >= 11 is 0. The van der Waals surface area contributed by atoms with E-state index in [0.717, 1.165) is 43.4 Å². The number of rotatable bonds is 5. The second kappa shape index (κ2) is 8.62. The van der Waals surface area contributed by atoms with Crippen LogP contribution in [0, 0.1) is 29.4 Å². The van der Waals surface area contributed by atoms with Crippen LogP contribution in [-0.4, -0.2) is 13.0 Å². The molecule has 0 unspecified atom stereocenters. The molecule has 0 amide bonds. The van der Waals surface area contributed by atoms with Crippen LogP contribution in [0.3, 0.4) is 0 Å². The second-order valence-corrected chi connectivity index (χ2v) is 8.15. The molecule has 26 heavy (non-hydrogen) atoms. The van der Waals surface area contributed by atoms with Gasteiger partial charge in [-0.05, 0) is 79.9 Å². The third kappa shape index (κ3) is 4.72. The number of alkyl halides is 2. The predicted octanol–water partition coefficient (Wildman–Crippen LogP) is 6.71. The van der Waals surface area contributed by atoms with Crippen molar-refractivity contribution >= 4 is 0 Å². The van der Waals surface area contributed by atoms with E-state index in [1.165, 1.54) is 37.8 Å². The fourth-order valence-corrected chi connectivity index (χ4v) is 4.78. The molecule has 1 aromatic rings. The zero-order chi connectivity index (χ0) is 18.7. The summed E-state index contributed by atoms with van der Waals surface area (Å²) in [4.78, 5) is 0. The molecule has 0 atom stereocenters. The SMILES string of the molecule is CC1CCC(C2CCC(c3cc(F)c(OCC(F)F)c(F)c3)CC2)CC1. The summed E-state index contributed by atoms with van der Waals surface area (Å²) in [6, 6.07) is 2.52. The van der Waals surface area contributed by atoms with Crippen molar-refractivity contribution in [2.24, 2.45) is 17.8 Å². The van der Waals surface area contributed by atoms with Crippen molar-refractivity contribution in [3.8, 4) is 5.75 Å². The topological polar surface area (TPSA) is 9.23 Å². The molecular formula is C21H28F4O. The molecule has 0 heterocycles.